The molecule has 3 amide bonds. The van der Waals surface area contributed by atoms with Gasteiger partial charge in [-0.1, -0.05) is 0 Å². The lowest BCUT2D eigenvalue weighted by atomic mass is 10.2. The van der Waals surface area contributed by atoms with Crippen molar-refractivity contribution < 1.29 is 19.5 Å². The van der Waals surface area contributed by atoms with Gasteiger partial charge in [-0.15, -0.1) is 0 Å². The van der Waals surface area contributed by atoms with Gasteiger partial charge in [0, 0.05) is 13.1 Å². The molecule has 1 atom stereocenters. The Labute approximate surface area is 105 Å². The molecular formula is C11H17N3O4. The third-order valence-corrected chi connectivity index (χ3v) is 3.19. The van der Waals surface area contributed by atoms with Crippen LogP contribution < -0.4 is 10.6 Å². The van der Waals surface area contributed by atoms with Crippen LogP contribution in [-0.4, -0.2) is 53.6 Å². The highest BCUT2D eigenvalue weighted by Crippen LogP contribution is 2.32. The number of carboxylic acid groups (broad SMARTS) is 1. The van der Waals surface area contributed by atoms with E-state index in [9.17, 15) is 14.4 Å². The summed E-state index contributed by atoms with van der Waals surface area (Å²) in [6.07, 6.45) is 2.34. The van der Waals surface area contributed by atoms with Crippen molar-refractivity contribution in [2.75, 3.05) is 19.6 Å². The zero-order valence-electron chi connectivity index (χ0n) is 10.0. The Morgan fingerprint density at radius 2 is 2.17 bits per heavy atom. The van der Waals surface area contributed by atoms with E-state index in [1.54, 1.807) is 0 Å². The summed E-state index contributed by atoms with van der Waals surface area (Å²) in [7, 11) is 0. The summed E-state index contributed by atoms with van der Waals surface area (Å²) in [6, 6.07) is -1.30. The summed E-state index contributed by atoms with van der Waals surface area (Å²) in [6.45, 7) is 0.998. The largest absolute Gasteiger partial charge is 0.480 e. The van der Waals surface area contributed by atoms with E-state index in [4.69, 9.17) is 5.11 Å². The van der Waals surface area contributed by atoms with Gasteiger partial charge >= 0.3 is 12.0 Å². The molecule has 1 aliphatic heterocycles. The van der Waals surface area contributed by atoms with Crippen LogP contribution >= 0.6 is 0 Å². The molecule has 1 saturated carbocycles. The molecule has 2 rings (SSSR count). The highest BCUT2D eigenvalue weighted by Gasteiger charge is 2.38. The number of carboxylic acids is 1. The van der Waals surface area contributed by atoms with Gasteiger partial charge < -0.3 is 20.6 Å². The fraction of sp³-hybridized carbons (Fsp3) is 0.727. The average molecular weight is 255 g/mol. The normalized spacial score (nSPS) is 21.8. The van der Waals surface area contributed by atoms with Crippen molar-refractivity contribution >= 4 is 17.9 Å². The van der Waals surface area contributed by atoms with Crippen molar-refractivity contribution in [1.82, 2.24) is 15.5 Å². The minimum absolute atomic E-state index is 0.0111. The average Bonchev–Trinajstić information content (AvgIpc) is 3.12. The molecule has 1 saturated heterocycles. The van der Waals surface area contributed by atoms with Crippen LogP contribution in [0.5, 0.6) is 0 Å². The first kappa shape index (κ1) is 12.7. The highest BCUT2D eigenvalue weighted by atomic mass is 16.4. The van der Waals surface area contributed by atoms with Crippen molar-refractivity contribution in [1.29, 1.82) is 0 Å². The summed E-state index contributed by atoms with van der Waals surface area (Å²) in [5, 5.41) is 14.2. The molecule has 0 radical (unpaired) electrons. The molecule has 7 nitrogen and oxygen atoms in total. The van der Waals surface area contributed by atoms with Gasteiger partial charge in [-0.3, -0.25) is 4.79 Å². The molecule has 2 fully saturated rings. The minimum atomic E-state index is -1.01. The monoisotopic (exact) mass is 255 g/mol. The number of aliphatic carboxylic acids is 1. The number of rotatable bonds is 3. The van der Waals surface area contributed by atoms with Gasteiger partial charge in [-0.2, -0.15) is 0 Å². The molecule has 0 aromatic carbocycles. The number of carbonyl (C=O) groups excluding carboxylic acids is 2. The number of carbonyl (C=O) groups is 3. The first-order valence-corrected chi connectivity index (χ1v) is 6.13. The molecule has 3 N–H and O–H groups in total. The van der Waals surface area contributed by atoms with Crippen molar-refractivity contribution in [3.05, 3.63) is 0 Å². The van der Waals surface area contributed by atoms with Gasteiger partial charge in [0.1, 0.15) is 12.6 Å². The number of amides is 3. The molecule has 2 aliphatic rings. The second kappa shape index (κ2) is 5.24. The van der Waals surface area contributed by atoms with Crippen LogP contribution in [0.3, 0.4) is 0 Å². The summed E-state index contributed by atoms with van der Waals surface area (Å²) in [5.74, 6) is -1.18. The van der Waals surface area contributed by atoms with Gasteiger partial charge in [0.05, 0.1) is 0 Å². The number of nitrogens with one attached hydrogen (secondary N) is 2. The Morgan fingerprint density at radius 1 is 1.44 bits per heavy atom. The van der Waals surface area contributed by atoms with Crippen molar-refractivity contribution in [3.63, 3.8) is 0 Å². The smallest absolute Gasteiger partial charge is 0.326 e. The summed E-state index contributed by atoms with van der Waals surface area (Å²) in [5.41, 5.74) is 0. The predicted molar refractivity (Wildman–Crippen MR) is 61.9 cm³/mol. The molecule has 100 valence electrons. The number of hydrogen-bond donors (Lipinski definition) is 3. The van der Waals surface area contributed by atoms with Gasteiger partial charge in [0.2, 0.25) is 5.91 Å². The number of nitrogens with zero attached hydrogens (tertiary/aromatic N) is 1. The van der Waals surface area contributed by atoms with Crippen LogP contribution in [-0.2, 0) is 9.59 Å². The topological polar surface area (TPSA) is 98.7 Å². The van der Waals surface area contributed by atoms with E-state index in [-0.39, 0.29) is 18.4 Å². The zero-order chi connectivity index (χ0) is 13.1. The van der Waals surface area contributed by atoms with E-state index in [2.05, 4.69) is 10.6 Å². The third kappa shape index (κ3) is 3.12. The molecule has 0 aromatic rings. The molecule has 1 aliphatic carbocycles. The first-order valence-electron chi connectivity index (χ1n) is 6.13. The Bertz CT molecular complexity index is 367. The molecule has 0 spiro atoms. The van der Waals surface area contributed by atoms with E-state index in [0.717, 1.165) is 12.8 Å². The van der Waals surface area contributed by atoms with Crippen molar-refractivity contribution in [3.8, 4) is 0 Å². The molecule has 18 heavy (non-hydrogen) atoms. The molecule has 0 aromatic heterocycles. The maximum Gasteiger partial charge on any atom is 0.326 e. The molecule has 1 heterocycles. The molecular weight excluding hydrogens is 238 g/mol. The first-order chi connectivity index (χ1) is 8.58. The number of urea groups is 1. The maximum atomic E-state index is 11.9. The fourth-order valence-electron chi connectivity index (χ4n) is 2.01. The lowest BCUT2D eigenvalue weighted by Gasteiger charge is -2.22. The molecule has 0 bridgehead atoms. The van der Waals surface area contributed by atoms with Crippen LogP contribution in [0.4, 0.5) is 4.79 Å². The summed E-state index contributed by atoms with van der Waals surface area (Å²) < 4.78 is 0. The van der Waals surface area contributed by atoms with Gasteiger partial charge in [0.25, 0.3) is 0 Å². The lowest BCUT2D eigenvalue weighted by Crippen LogP contribution is -2.50. The third-order valence-electron chi connectivity index (χ3n) is 3.19. The molecule has 1 unspecified atom stereocenters. The van der Waals surface area contributed by atoms with E-state index in [0.29, 0.717) is 19.5 Å². The fourth-order valence-corrected chi connectivity index (χ4v) is 2.01. The lowest BCUT2D eigenvalue weighted by molar-refractivity contribution is -0.139. The minimum Gasteiger partial charge on any atom is -0.480 e. The van der Waals surface area contributed by atoms with E-state index in [1.165, 1.54) is 4.90 Å². The Kier molecular flexibility index (Phi) is 3.69. The zero-order valence-corrected chi connectivity index (χ0v) is 10.0. The van der Waals surface area contributed by atoms with Crippen molar-refractivity contribution in [2.45, 2.75) is 25.3 Å². The van der Waals surface area contributed by atoms with Crippen LogP contribution in [0.1, 0.15) is 19.3 Å². The standard InChI is InChI=1S/C11H17N3O4/c15-8-6-14(5-1-4-12-8)11(18)13-9(10(16)17)7-2-3-7/h7,9H,1-6H2,(H,12,15)(H,13,18)(H,16,17). The maximum absolute atomic E-state index is 11.9. The second-order valence-electron chi connectivity index (χ2n) is 4.73. The summed E-state index contributed by atoms with van der Waals surface area (Å²) >= 11 is 0. The predicted octanol–water partition coefficient (Wildman–Crippen LogP) is -0.619. The van der Waals surface area contributed by atoms with E-state index < -0.39 is 18.0 Å². The Morgan fingerprint density at radius 3 is 2.78 bits per heavy atom. The van der Waals surface area contributed by atoms with Crippen LogP contribution in [0.2, 0.25) is 0 Å². The SMILES string of the molecule is O=C1CN(C(=O)NC(C(=O)O)C2CC2)CCCN1. The van der Waals surface area contributed by atoms with E-state index in [1.807, 2.05) is 0 Å². The Balaban J connectivity index is 1.92. The van der Waals surface area contributed by atoms with E-state index >= 15 is 0 Å². The summed E-state index contributed by atoms with van der Waals surface area (Å²) in [4.78, 5) is 35.6. The van der Waals surface area contributed by atoms with Crippen LogP contribution in [0.25, 0.3) is 0 Å². The Hall–Kier alpha value is -1.79. The number of hydrogen-bond acceptors (Lipinski definition) is 3. The van der Waals surface area contributed by atoms with Gasteiger partial charge in [0.15, 0.2) is 0 Å². The van der Waals surface area contributed by atoms with Crippen molar-refractivity contribution in [2.24, 2.45) is 5.92 Å². The quantitative estimate of drug-likeness (QED) is 0.626. The second-order valence-corrected chi connectivity index (χ2v) is 4.73. The molecule has 7 heteroatoms. The van der Waals surface area contributed by atoms with Crippen LogP contribution in [0, 0.1) is 5.92 Å². The van der Waals surface area contributed by atoms with Gasteiger partial charge in [-0.05, 0) is 25.2 Å². The van der Waals surface area contributed by atoms with Crippen LogP contribution in [0.15, 0.2) is 0 Å². The van der Waals surface area contributed by atoms with Gasteiger partial charge in [-0.25, -0.2) is 9.59 Å². The highest BCUT2D eigenvalue weighted by molar-refractivity contribution is 5.87.